The molecule has 0 bridgehead atoms. The maximum absolute atomic E-state index is 9.39. The summed E-state index contributed by atoms with van der Waals surface area (Å²) >= 11 is 5.92. The third-order valence-electron chi connectivity index (χ3n) is 3.38. The number of benzene rings is 2. The molecule has 0 saturated carbocycles. The molecular weight excluding hydrogens is 345 g/mol. The quantitative estimate of drug-likeness (QED) is 0.684. The Morgan fingerprint density at radius 3 is 2.62 bits per heavy atom. The van der Waals surface area contributed by atoms with Crippen molar-refractivity contribution >= 4 is 46.3 Å². The number of pyridine rings is 1. The summed E-state index contributed by atoms with van der Waals surface area (Å²) in [5.41, 5.74) is 2.83. The van der Waals surface area contributed by atoms with Gasteiger partial charge in [-0.2, -0.15) is 5.26 Å². The number of hydrogen-bond donors (Lipinski definition) is 1. The number of anilines is 2. The van der Waals surface area contributed by atoms with Crippen LogP contribution in [0.1, 0.15) is 12.5 Å². The first kappa shape index (κ1) is 17.9. The molecule has 24 heavy (non-hydrogen) atoms. The Labute approximate surface area is 151 Å². The molecule has 0 aliphatic heterocycles. The Morgan fingerprint density at radius 1 is 1.21 bits per heavy atom. The minimum absolute atomic E-state index is 0. The van der Waals surface area contributed by atoms with Gasteiger partial charge in [-0.15, -0.1) is 12.4 Å². The third kappa shape index (κ3) is 3.70. The highest BCUT2D eigenvalue weighted by Crippen LogP contribution is 2.31. The minimum atomic E-state index is 0. The van der Waals surface area contributed by atoms with Crippen LogP contribution in [0.2, 0.25) is 5.02 Å². The first-order valence-electron chi connectivity index (χ1n) is 7.19. The molecule has 0 fully saturated rings. The van der Waals surface area contributed by atoms with Gasteiger partial charge in [-0.1, -0.05) is 11.6 Å². The van der Waals surface area contributed by atoms with E-state index in [1.165, 1.54) is 0 Å². The number of ether oxygens (including phenoxy) is 1. The maximum Gasteiger partial charge on any atom is 0.120 e. The first-order valence-corrected chi connectivity index (χ1v) is 7.57. The number of nitrogens with zero attached hydrogens (tertiary/aromatic N) is 2. The molecule has 4 nitrogen and oxygen atoms in total. The summed E-state index contributed by atoms with van der Waals surface area (Å²) in [6.45, 7) is 2.51. The SMILES string of the molecule is CCOc1ccc2ncc(C#N)c(Nc3ccc(Cl)cc3)c2c1.Cl. The van der Waals surface area contributed by atoms with Crippen LogP contribution >= 0.6 is 24.0 Å². The molecule has 0 unspecified atom stereocenters. The highest BCUT2D eigenvalue weighted by molar-refractivity contribution is 6.30. The first-order chi connectivity index (χ1) is 11.2. The van der Waals surface area contributed by atoms with Gasteiger partial charge >= 0.3 is 0 Å². The van der Waals surface area contributed by atoms with E-state index in [9.17, 15) is 5.26 Å². The molecule has 3 rings (SSSR count). The monoisotopic (exact) mass is 359 g/mol. The standard InChI is InChI=1S/C18H14ClN3O.ClH/c1-2-23-15-7-8-17-16(9-15)18(12(10-20)11-21-17)22-14-5-3-13(19)4-6-14;/h3-9,11H,2H2,1H3,(H,21,22);1H. The fraction of sp³-hybridized carbons (Fsp3) is 0.111. The number of fused-ring (bicyclic) bond motifs is 1. The van der Waals surface area contributed by atoms with E-state index in [1.54, 1.807) is 18.3 Å². The molecule has 6 heteroatoms. The average Bonchev–Trinajstić information content (AvgIpc) is 2.57. The molecule has 0 amide bonds. The molecule has 0 radical (unpaired) electrons. The average molecular weight is 360 g/mol. The fourth-order valence-corrected chi connectivity index (χ4v) is 2.45. The van der Waals surface area contributed by atoms with Crippen LogP contribution in [0.15, 0.2) is 48.7 Å². The highest BCUT2D eigenvalue weighted by Gasteiger charge is 2.10. The van der Waals surface area contributed by atoms with E-state index in [2.05, 4.69) is 16.4 Å². The van der Waals surface area contributed by atoms with Crippen molar-refractivity contribution < 1.29 is 4.74 Å². The summed E-state index contributed by atoms with van der Waals surface area (Å²) in [4.78, 5) is 4.33. The van der Waals surface area contributed by atoms with Crippen molar-refractivity contribution in [2.45, 2.75) is 6.92 Å². The molecule has 2 aromatic carbocycles. The van der Waals surface area contributed by atoms with Crippen molar-refractivity contribution in [3.63, 3.8) is 0 Å². The molecular formula is C18H15Cl2N3O. The van der Waals surface area contributed by atoms with Crippen LogP contribution in [0.4, 0.5) is 11.4 Å². The van der Waals surface area contributed by atoms with Crippen molar-refractivity contribution in [3.8, 4) is 11.8 Å². The van der Waals surface area contributed by atoms with Crippen molar-refractivity contribution in [1.82, 2.24) is 4.98 Å². The van der Waals surface area contributed by atoms with Gasteiger partial charge in [0, 0.05) is 22.3 Å². The lowest BCUT2D eigenvalue weighted by Gasteiger charge is -2.12. The topological polar surface area (TPSA) is 57.9 Å². The summed E-state index contributed by atoms with van der Waals surface area (Å²) in [6.07, 6.45) is 1.57. The summed E-state index contributed by atoms with van der Waals surface area (Å²) in [5.74, 6) is 0.746. The van der Waals surface area contributed by atoms with Crippen LogP contribution in [0.3, 0.4) is 0 Å². The zero-order chi connectivity index (χ0) is 16.2. The number of aromatic nitrogens is 1. The van der Waals surface area contributed by atoms with Crippen LogP contribution in [0.25, 0.3) is 10.9 Å². The van der Waals surface area contributed by atoms with E-state index >= 15 is 0 Å². The van der Waals surface area contributed by atoms with Crippen molar-refractivity contribution in [3.05, 3.63) is 59.2 Å². The van der Waals surface area contributed by atoms with Gasteiger partial charge in [-0.25, -0.2) is 0 Å². The van der Waals surface area contributed by atoms with Gasteiger partial charge in [0.2, 0.25) is 0 Å². The number of hydrogen-bond acceptors (Lipinski definition) is 4. The lowest BCUT2D eigenvalue weighted by Crippen LogP contribution is -1.98. The van der Waals surface area contributed by atoms with Gasteiger partial charge in [-0.05, 0) is 49.4 Å². The zero-order valence-corrected chi connectivity index (χ0v) is 14.5. The highest BCUT2D eigenvalue weighted by atomic mass is 35.5. The van der Waals surface area contributed by atoms with Crippen LogP contribution in [0.5, 0.6) is 5.75 Å². The molecule has 0 aliphatic carbocycles. The Bertz CT molecular complexity index is 889. The molecule has 122 valence electrons. The smallest absolute Gasteiger partial charge is 0.120 e. The maximum atomic E-state index is 9.39. The van der Waals surface area contributed by atoms with Crippen molar-refractivity contribution in [1.29, 1.82) is 5.26 Å². The second-order valence-corrected chi connectivity index (χ2v) is 5.34. The Morgan fingerprint density at radius 2 is 1.96 bits per heavy atom. The summed E-state index contributed by atoms with van der Waals surface area (Å²) in [5, 5.41) is 14.2. The molecule has 0 atom stereocenters. The van der Waals surface area contributed by atoms with E-state index in [1.807, 2.05) is 37.3 Å². The second kappa shape index (κ2) is 7.87. The van der Waals surface area contributed by atoms with E-state index in [0.717, 1.165) is 22.3 Å². The number of halogens is 2. The predicted octanol–water partition coefficient (Wildman–Crippen LogP) is 5.32. The number of rotatable bonds is 4. The van der Waals surface area contributed by atoms with Gasteiger partial charge in [0.25, 0.3) is 0 Å². The fourth-order valence-electron chi connectivity index (χ4n) is 2.33. The van der Waals surface area contributed by atoms with E-state index < -0.39 is 0 Å². The lowest BCUT2D eigenvalue weighted by molar-refractivity contribution is 0.340. The van der Waals surface area contributed by atoms with Crippen LogP contribution in [0, 0.1) is 11.3 Å². The van der Waals surface area contributed by atoms with Gasteiger partial charge in [0.05, 0.1) is 23.4 Å². The summed E-state index contributed by atoms with van der Waals surface area (Å²) in [6, 6.07) is 15.1. The van der Waals surface area contributed by atoms with E-state index in [0.29, 0.717) is 22.9 Å². The van der Waals surface area contributed by atoms with Gasteiger partial charge < -0.3 is 10.1 Å². The largest absolute Gasteiger partial charge is 0.494 e. The molecule has 3 aromatic rings. The van der Waals surface area contributed by atoms with Crippen LogP contribution in [-0.2, 0) is 0 Å². The predicted molar refractivity (Wildman–Crippen MR) is 99.6 cm³/mol. The molecule has 1 aromatic heterocycles. The van der Waals surface area contributed by atoms with Crippen molar-refractivity contribution in [2.24, 2.45) is 0 Å². The molecule has 0 spiro atoms. The molecule has 1 heterocycles. The van der Waals surface area contributed by atoms with Crippen LogP contribution in [-0.4, -0.2) is 11.6 Å². The summed E-state index contributed by atoms with van der Waals surface area (Å²) in [7, 11) is 0. The Hall–Kier alpha value is -2.48. The Kier molecular flexibility index (Phi) is 5.86. The lowest BCUT2D eigenvalue weighted by atomic mass is 10.1. The molecule has 0 aliphatic rings. The summed E-state index contributed by atoms with van der Waals surface area (Å²) < 4.78 is 5.55. The van der Waals surface area contributed by atoms with Gasteiger partial charge in [0.1, 0.15) is 11.8 Å². The van der Waals surface area contributed by atoms with Gasteiger partial charge in [0.15, 0.2) is 0 Å². The van der Waals surface area contributed by atoms with Gasteiger partial charge in [-0.3, -0.25) is 4.98 Å². The Balaban J connectivity index is 0.00000208. The molecule has 1 N–H and O–H groups in total. The third-order valence-corrected chi connectivity index (χ3v) is 3.64. The van der Waals surface area contributed by atoms with Crippen LogP contribution < -0.4 is 10.1 Å². The molecule has 0 saturated heterocycles. The number of nitrogens with one attached hydrogen (secondary N) is 1. The normalized spacial score (nSPS) is 9.88. The minimum Gasteiger partial charge on any atom is -0.494 e. The van der Waals surface area contributed by atoms with Crippen molar-refractivity contribution in [2.75, 3.05) is 11.9 Å². The van der Waals surface area contributed by atoms with E-state index in [-0.39, 0.29) is 12.4 Å². The zero-order valence-electron chi connectivity index (χ0n) is 12.9. The van der Waals surface area contributed by atoms with E-state index in [4.69, 9.17) is 16.3 Å². The number of nitriles is 1. The second-order valence-electron chi connectivity index (χ2n) is 4.90.